The number of carbonyl (C=O) groups is 1. The van der Waals surface area contributed by atoms with Gasteiger partial charge in [0.1, 0.15) is 17.3 Å². The molecule has 1 fully saturated rings. The van der Waals surface area contributed by atoms with Gasteiger partial charge in [-0.15, -0.1) is 0 Å². The van der Waals surface area contributed by atoms with Crippen molar-refractivity contribution >= 4 is 5.78 Å². The van der Waals surface area contributed by atoms with Gasteiger partial charge in [-0.3, -0.25) is 4.79 Å². The van der Waals surface area contributed by atoms with E-state index in [-0.39, 0.29) is 5.92 Å². The molecule has 24 heavy (non-hydrogen) atoms. The van der Waals surface area contributed by atoms with Crippen LogP contribution in [0.15, 0.2) is 48.5 Å². The molecule has 2 unspecified atom stereocenters. The molecular formula is C21H24O3. The molecule has 2 aromatic rings. The second-order valence-electron chi connectivity index (χ2n) is 6.47. The van der Waals surface area contributed by atoms with Gasteiger partial charge < -0.3 is 9.47 Å². The predicted octanol–water partition coefficient (Wildman–Crippen LogP) is 4.75. The topological polar surface area (TPSA) is 35.5 Å². The molecule has 0 spiro atoms. The van der Waals surface area contributed by atoms with Crippen LogP contribution in [0.1, 0.15) is 26.2 Å². The quantitative estimate of drug-likeness (QED) is 0.796. The zero-order valence-electron chi connectivity index (χ0n) is 14.3. The van der Waals surface area contributed by atoms with Crippen LogP contribution >= 0.6 is 0 Å². The standard InChI is InChI=1S/C21H24O3/c1-15-18(4-3-5-21(15)22)14-24-20-12-8-17(9-13-20)16-6-10-19(23-2)11-7-16/h6-13,15,18H,3-5,14H2,1-2H3. The number of rotatable bonds is 5. The fraction of sp³-hybridized carbons (Fsp3) is 0.381. The van der Waals surface area contributed by atoms with Crippen LogP contribution in [0.5, 0.6) is 11.5 Å². The highest BCUT2D eigenvalue weighted by Gasteiger charge is 2.28. The van der Waals surface area contributed by atoms with Gasteiger partial charge in [0.05, 0.1) is 13.7 Å². The Hall–Kier alpha value is -2.29. The van der Waals surface area contributed by atoms with Gasteiger partial charge in [-0.1, -0.05) is 31.2 Å². The molecule has 3 heteroatoms. The normalized spacial score (nSPS) is 20.7. The molecule has 0 aliphatic heterocycles. The summed E-state index contributed by atoms with van der Waals surface area (Å²) >= 11 is 0. The number of ether oxygens (including phenoxy) is 2. The zero-order chi connectivity index (χ0) is 16.9. The van der Waals surface area contributed by atoms with E-state index in [1.807, 2.05) is 43.3 Å². The van der Waals surface area contributed by atoms with Crippen molar-refractivity contribution in [3.8, 4) is 22.6 Å². The van der Waals surface area contributed by atoms with E-state index in [0.717, 1.165) is 41.9 Å². The molecule has 1 saturated carbocycles. The molecule has 0 aromatic heterocycles. The summed E-state index contributed by atoms with van der Waals surface area (Å²) in [6.07, 6.45) is 2.80. The summed E-state index contributed by atoms with van der Waals surface area (Å²) in [5.41, 5.74) is 2.29. The number of methoxy groups -OCH3 is 1. The molecule has 3 rings (SSSR count). The highest BCUT2D eigenvalue weighted by Crippen LogP contribution is 2.29. The molecule has 1 aliphatic rings. The minimum absolute atomic E-state index is 0.123. The van der Waals surface area contributed by atoms with Crippen molar-refractivity contribution in [2.75, 3.05) is 13.7 Å². The Morgan fingerprint density at radius 1 is 0.958 bits per heavy atom. The van der Waals surface area contributed by atoms with E-state index >= 15 is 0 Å². The van der Waals surface area contributed by atoms with E-state index in [0.29, 0.717) is 18.3 Å². The lowest BCUT2D eigenvalue weighted by Crippen LogP contribution is -2.30. The molecule has 0 radical (unpaired) electrons. The summed E-state index contributed by atoms with van der Waals surface area (Å²) < 4.78 is 11.1. The van der Waals surface area contributed by atoms with Crippen LogP contribution in [0.2, 0.25) is 0 Å². The molecule has 0 N–H and O–H groups in total. The maximum Gasteiger partial charge on any atom is 0.136 e. The van der Waals surface area contributed by atoms with Crippen molar-refractivity contribution in [1.29, 1.82) is 0 Å². The lowest BCUT2D eigenvalue weighted by Gasteiger charge is -2.27. The number of carbonyl (C=O) groups excluding carboxylic acids is 1. The summed E-state index contributed by atoms with van der Waals surface area (Å²) in [5, 5.41) is 0. The first-order valence-electron chi connectivity index (χ1n) is 8.57. The molecule has 0 heterocycles. The van der Waals surface area contributed by atoms with Gasteiger partial charge in [0, 0.05) is 18.3 Å². The second kappa shape index (κ2) is 7.52. The smallest absolute Gasteiger partial charge is 0.136 e. The fourth-order valence-electron chi connectivity index (χ4n) is 3.24. The van der Waals surface area contributed by atoms with E-state index in [1.54, 1.807) is 7.11 Å². The number of benzene rings is 2. The summed E-state index contributed by atoms with van der Waals surface area (Å²) in [6, 6.07) is 16.1. The average Bonchev–Trinajstić information content (AvgIpc) is 2.63. The first kappa shape index (κ1) is 16.6. The Bertz CT molecular complexity index is 673. The van der Waals surface area contributed by atoms with E-state index < -0.39 is 0 Å². The summed E-state index contributed by atoms with van der Waals surface area (Å²) in [6.45, 7) is 2.65. The second-order valence-corrected chi connectivity index (χ2v) is 6.47. The third-order valence-corrected chi connectivity index (χ3v) is 4.95. The van der Waals surface area contributed by atoms with Crippen LogP contribution < -0.4 is 9.47 Å². The van der Waals surface area contributed by atoms with Crippen molar-refractivity contribution in [3.63, 3.8) is 0 Å². The third kappa shape index (κ3) is 3.78. The van der Waals surface area contributed by atoms with Crippen molar-refractivity contribution < 1.29 is 14.3 Å². The largest absolute Gasteiger partial charge is 0.497 e. The van der Waals surface area contributed by atoms with Crippen LogP contribution in [0.3, 0.4) is 0 Å². The van der Waals surface area contributed by atoms with Crippen LogP contribution in [0, 0.1) is 11.8 Å². The maximum absolute atomic E-state index is 11.8. The van der Waals surface area contributed by atoms with Crippen LogP contribution in [0.4, 0.5) is 0 Å². The summed E-state index contributed by atoms with van der Waals surface area (Å²) in [5.74, 6) is 2.56. The zero-order valence-corrected chi connectivity index (χ0v) is 14.3. The molecule has 0 amide bonds. The van der Waals surface area contributed by atoms with Crippen molar-refractivity contribution in [2.45, 2.75) is 26.2 Å². The molecule has 2 atom stereocenters. The SMILES string of the molecule is COc1ccc(-c2ccc(OCC3CCCC(=O)C3C)cc2)cc1. The molecule has 3 nitrogen and oxygen atoms in total. The minimum atomic E-state index is 0.123. The summed E-state index contributed by atoms with van der Waals surface area (Å²) in [7, 11) is 1.67. The Kier molecular flexibility index (Phi) is 5.19. The van der Waals surface area contributed by atoms with Gasteiger partial charge in [0.25, 0.3) is 0 Å². The molecular weight excluding hydrogens is 300 g/mol. The van der Waals surface area contributed by atoms with E-state index in [2.05, 4.69) is 12.1 Å². The van der Waals surface area contributed by atoms with E-state index in [4.69, 9.17) is 9.47 Å². The van der Waals surface area contributed by atoms with Crippen molar-refractivity contribution in [3.05, 3.63) is 48.5 Å². The molecule has 0 bridgehead atoms. The summed E-state index contributed by atoms with van der Waals surface area (Å²) in [4.78, 5) is 11.8. The Morgan fingerprint density at radius 2 is 1.54 bits per heavy atom. The van der Waals surface area contributed by atoms with Gasteiger partial charge in [-0.25, -0.2) is 0 Å². The van der Waals surface area contributed by atoms with Gasteiger partial charge in [-0.05, 0) is 48.2 Å². The van der Waals surface area contributed by atoms with Crippen LogP contribution in [0.25, 0.3) is 11.1 Å². The molecule has 1 aliphatic carbocycles. The first-order valence-corrected chi connectivity index (χ1v) is 8.57. The van der Waals surface area contributed by atoms with Gasteiger partial charge in [0.2, 0.25) is 0 Å². The monoisotopic (exact) mass is 324 g/mol. The number of hydrogen-bond donors (Lipinski definition) is 0. The first-order chi connectivity index (χ1) is 11.7. The van der Waals surface area contributed by atoms with Gasteiger partial charge in [-0.2, -0.15) is 0 Å². The van der Waals surface area contributed by atoms with Crippen LogP contribution in [-0.4, -0.2) is 19.5 Å². The fourth-order valence-corrected chi connectivity index (χ4v) is 3.24. The van der Waals surface area contributed by atoms with E-state index in [1.165, 1.54) is 0 Å². The minimum Gasteiger partial charge on any atom is -0.497 e. The lowest BCUT2D eigenvalue weighted by atomic mass is 9.80. The van der Waals surface area contributed by atoms with Gasteiger partial charge >= 0.3 is 0 Å². The Morgan fingerprint density at radius 3 is 2.12 bits per heavy atom. The van der Waals surface area contributed by atoms with Crippen molar-refractivity contribution in [1.82, 2.24) is 0 Å². The number of ketones is 1. The Labute approximate surface area is 143 Å². The van der Waals surface area contributed by atoms with Gasteiger partial charge in [0.15, 0.2) is 0 Å². The van der Waals surface area contributed by atoms with Crippen LogP contribution in [-0.2, 0) is 4.79 Å². The number of hydrogen-bond acceptors (Lipinski definition) is 3. The predicted molar refractivity (Wildman–Crippen MR) is 95.4 cm³/mol. The average molecular weight is 324 g/mol. The van der Waals surface area contributed by atoms with E-state index in [9.17, 15) is 4.79 Å². The Balaban J connectivity index is 1.61. The maximum atomic E-state index is 11.8. The molecule has 126 valence electrons. The highest BCUT2D eigenvalue weighted by molar-refractivity contribution is 5.81. The molecule has 0 saturated heterocycles. The highest BCUT2D eigenvalue weighted by atomic mass is 16.5. The number of Topliss-reactive ketones (excluding diaryl/α,β-unsaturated/α-hetero) is 1. The molecule has 2 aromatic carbocycles. The van der Waals surface area contributed by atoms with Crippen molar-refractivity contribution in [2.24, 2.45) is 11.8 Å². The lowest BCUT2D eigenvalue weighted by molar-refractivity contribution is -0.126. The third-order valence-electron chi connectivity index (χ3n) is 4.95.